The summed E-state index contributed by atoms with van der Waals surface area (Å²) in [5.74, 6) is -0.778. The van der Waals surface area contributed by atoms with Gasteiger partial charge in [0.05, 0.1) is 5.57 Å². The number of alkyl halides is 6. The van der Waals surface area contributed by atoms with E-state index in [-0.39, 0.29) is 0 Å². The molecule has 0 heterocycles. The zero-order valence-electron chi connectivity index (χ0n) is 11.1. The fraction of sp³-hybridized carbons (Fsp3) is 0.692. The van der Waals surface area contributed by atoms with Gasteiger partial charge in [-0.1, -0.05) is 33.8 Å². The summed E-state index contributed by atoms with van der Waals surface area (Å²) in [6.45, 7) is 5.45. The lowest BCUT2D eigenvalue weighted by molar-refractivity contribution is -0.104. The Balaban J connectivity index is 3.57. The highest BCUT2D eigenvalue weighted by atomic mass is 19.4. The maximum absolute atomic E-state index is 13.0. The van der Waals surface area contributed by atoms with E-state index in [1.807, 2.05) is 0 Å². The van der Waals surface area contributed by atoms with Crippen LogP contribution in [0.15, 0.2) is 22.8 Å². The van der Waals surface area contributed by atoms with Crippen LogP contribution < -0.4 is 0 Å². The summed E-state index contributed by atoms with van der Waals surface area (Å²) in [4.78, 5) is 0. The second-order valence-electron chi connectivity index (χ2n) is 5.86. The molecule has 0 spiro atoms. The second kappa shape index (κ2) is 4.56. The van der Waals surface area contributed by atoms with Crippen LogP contribution in [0.3, 0.4) is 0 Å². The Bertz CT molecular complexity index is 414. The molecule has 0 saturated carbocycles. The first-order chi connectivity index (χ1) is 8.24. The van der Waals surface area contributed by atoms with Crippen LogP contribution in [0.4, 0.5) is 26.3 Å². The van der Waals surface area contributed by atoms with Gasteiger partial charge in [-0.3, -0.25) is 0 Å². The molecule has 1 aliphatic carbocycles. The van der Waals surface area contributed by atoms with Crippen molar-refractivity contribution in [1.82, 2.24) is 0 Å². The van der Waals surface area contributed by atoms with Crippen LogP contribution in [0.2, 0.25) is 0 Å². The van der Waals surface area contributed by atoms with E-state index in [0.717, 1.165) is 6.08 Å². The van der Waals surface area contributed by atoms with Crippen LogP contribution in [-0.4, -0.2) is 12.4 Å². The topological polar surface area (TPSA) is 0 Å². The maximum atomic E-state index is 13.0. The zero-order chi connectivity index (χ0) is 15.2. The molecule has 0 aromatic heterocycles. The smallest absolute Gasteiger partial charge is 0.166 e. The number of halogens is 6. The standard InChI is InChI=1S/C13H16F6/c1-7-5-8(12(14,15)16)10(11(2,3)4)9(6-7)13(17,18)19/h5,7H,6H2,1-4H3. The molecule has 1 atom stereocenters. The molecule has 0 aliphatic heterocycles. The summed E-state index contributed by atoms with van der Waals surface area (Å²) in [6, 6.07) is 0. The van der Waals surface area contributed by atoms with Crippen LogP contribution in [0.25, 0.3) is 0 Å². The zero-order valence-corrected chi connectivity index (χ0v) is 11.1. The normalized spacial score (nSPS) is 22.6. The maximum Gasteiger partial charge on any atom is 0.416 e. The molecule has 1 rings (SSSR count). The summed E-state index contributed by atoms with van der Waals surface area (Å²) < 4.78 is 78.0. The molecule has 0 N–H and O–H groups in total. The Morgan fingerprint density at radius 2 is 1.42 bits per heavy atom. The molecule has 110 valence electrons. The average Bonchev–Trinajstić information content (AvgIpc) is 2.11. The van der Waals surface area contributed by atoms with Crippen molar-refractivity contribution in [3.8, 4) is 0 Å². The van der Waals surface area contributed by atoms with E-state index in [1.54, 1.807) is 0 Å². The van der Waals surface area contributed by atoms with E-state index in [2.05, 4.69) is 0 Å². The highest BCUT2D eigenvalue weighted by Crippen LogP contribution is 2.50. The highest BCUT2D eigenvalue weighted by Gasteiger charge is 2.48. The first-order valence-corrected chi connectivity index (χ1v) is 5.85. The monoisotopic (exact) mass is 286 g/mol. The highest BCUT2D eigenvalue weighted by molar-refractivity contribution is 5.47. The largest absolute Gasteiger partial charge is 0.416 e. The van der Waals surface area contributed by atoms with Crippen molar-refractivity contribution in [2.24, 2.45) is 11.3 Å². The average molecular weight is 286 g/mol. The molecule has 1 unspecified atom stereocenters. The molecule has 0 amide bonds. The van der Waals surface area contributed by atoms with Gasteiger partial charge in [0.15, 0.2) is 0 Å². The minimum Gasteiger partial charge on any atom is -0.166 e. The van der Waals surface area contributed by atoms with Gasteiger partial charge >= 0.3 is 12.4 Å². The molecule has 0 nitrogen and oxygen atoms in total. The predicted octanol–water partition coefficient (Wildman–Crippen LogP) is 5.42. The Morgan fingerprint density at radius 1 is 0.947 bits per heavy atom. The summed E-state index contributed by atoms with van der Waals surface area (Å²) in [5.41, 5.74) is -4.05. The van der Waals surface area contributed by atoms with Gasteiger partial charge in [0, 0.05) is 5.57 Å². The van der Waals surface area contributed by atoms with Gasteiger partial charge in [-0.2, -0.15) is 26.3 Å². The lowest BCUT2D eigenvalue weighted by Crippen LogP contribution is -2.31. The second-order valence-corrected chi connectivity index (χ2v) is 5.86. The number of hydrogen-bond donors (Lipinski definition) is 0. The van der Waals surface area contributed by atoms with Crippen molar-refractivity contribution < 1.29 is 26.3 Å². The van der Waals surface area contributed by atoms with Crippen molar-refractivity contribution in [2.75, 3.05) is 0 Å². The van der Waals surface area contributed by atoms with E-state index < -0.39 is 46.8 Å². The van der Waals surface area contributed by atoms with E-state index in [0.29, 0.717) is 0 Å². The van der Waals surface area contributed by atoms with Gasteiger partial charge in [-0.05, 0) is 23.3 Å². The lowest BCUT2D eigenvalue weighted by atomic mass is 9.73. The van der Waals surface area contributed by atoms with E-state index in [9.17, 15) is 26.3 Å². The molecule has 0 saturated heterocycles. The fourth-order valence-electron chi connectivity index (χ4n) is 2.36. The minimum absolute atomic E-state index is 0.407. The first kappa shape index (κ1) is 16.1. The Morgan fingerprint density at radius 3 is 1.74 bits per heavy atom. The van der Waals surface area contributed by atoms with Crippen molar-refractivity contribution in [3.05, 3.63) is 22.8 Å². The lowest BCUT2D eigenvalue weighted by Gasteiger charge is -2.35. The third-order valence-electron chi connectivity index (χ3n) is 2.95. The van der Waals surface area contributed by atoms with Crippen LogP contribution >= 0.6 is 0 Å². The van der Waals surface area contributed by atoms with E-state index in [4.69, 9.17) is 0 Å². The Kier molecular flexibility index (Phi) is 3.87. The van der Waals surface area contributed by atoms with Gasteiger partial charge in [-0.25, -0.2) is 0 Å². The van der Waals surface area contributed by atoms with Crippen molar-refractivity contribution in [1.29, 1.82) is 0 Å². The number of rotatable bonds is 0. The van der Waals surface area contributed by atoms with Crippen LogP contribution in [0.5, 0.6) is 0 Å². The molecule has 1 aliphatic rings. The van der Waals surface area contributed by atoms with Crippen LogP contribution in [0, 0.1) is 11.3 Å². The SMILES string of the molecule is CC1C=C(C(F)(F)F)C(C(C)(C)C)=C(C(F)(F)F)C1. The third-order valence-corrected chi connectivity index (χ3v) is 2.95. The molecule has 6 heteroatoms. The molecule has 0 aromatic rings. The van der Waals surface area contributed by atoms with Crippen molar-refractivity contribution in [3.63, 3.8) is 0 Å². The van der Waals surface area contributed by atoms with E-state index in [1.165, 1.54) is 27.7 Å². The summed E-state index contributed by atoms with van der Waals surface area (Å²) in [6.07, 6.45) is -9.01. The van der Waals surface area contributed by atoms with Crippen molar-refractivity contribution >= 4 is 0 Å². The van der Waals surface area contributed by atoms with Crippen LogP contribution in [0.1, 0.15) is 34.1 Å². The molecule has 0 radical (unpaired) electrons. The first-order valence-electron chi connectivity index (χ1n) is 5.85. The third kappa shape index (κ3) is 3.54. The number of allylic oxidation sites excluding steroid dienone is 4. The molecule has 0 aromatic carbocycles. The van der Waals surface area contributed by atoms with Crippen LogP contribution in [-0.2, 0) is 0 Å². The number of hydrogen-bond acceptors (Lipinski definition) is 0. The molecular formula is C13H16F6. The molecular weight excluding hydrogens is 270 g/mol. The minimum atomic E-state index is -4.77. The summed E-state index contributed by atoms with van der Waals surface area (Å²) in [5, 5.41) is 0. The molecule has 0 fully saturated rings. The van der Waals surface area contributed by atoms with Gasteiger partial charge in [0.25, 0.3) is 0 Å². The quantitative estimate of drug-likeness (QED) is 0.522. The molecule has 19 heavy (non-hydrogen) atoms. The molecule has 0 bridgehead atoms. The van der Waals surface area contributed by atoms with E-state index >= 15 is 0 Å². The van der Waals surface area contributed by atoms with Gasteiger partial charge in [0.2, 0.25) is 0 Å². The predicted molar refractivity (Wildman–Crippen MR) is 60.5 cm³/mol. The Labute approximate surface area is 108 Å². The summed E-state index contributed by atoms with van der Waals surface area (Å²) >= 11 is 0. The summed E-state index contributed by atoms with van der Waals surface area (Å²) in [7, 11) is 0. The van der Waals surface area contributed by atoms with Gasteiger partial charge in [0.1, 0.15) is 0 Å². The Hall–Kier alpha value is -0.940. The van der Waals surface area contributed by atoms with Gasteiger partial charge < -0.3 is 0 Å². The van der Waals surface area contributed by atoms with Gasteiger partial charge in [-0.15, -0.1) is 0 Å². The fourth-order valence-corrected chi connectivity index (χ4v) is 2.36. The van der Waals surface area contributed by atoms with Crippen molar-refractivity contribution in [2.45, 2.75) is 46.5 Å².